The number of hydrogen-bond acceptors (Lipinski definition) is 4. The Labute approximate surface area is 148 Å². The van der Waals surface area contributed by atoms with Crippen LogP contribution in [0, 0.1) is 5.92 Å². The van der Waals surface area contributed by atoms with Crippen LogP contribution in [0.1, 0.15) is 25.0 Å². The molecule has 2 aliphatic heterocycles. The number of fused-ring (bicyclic) bond motifs is 4. The summed E-state index contributed by atoms with van der Waals surface area (Å²) in [4.78, 5) is 14.5. The Bertz CT molecular complexity index is 672. The lowest BCUT2D eigenvalue weighted by Crippen LogP contribution is -2.49. The lowest BCUT2D eigenvalue weighted by Gasteiger charge is -2.43. The normalized spacial score (nSPS) is 23.9. The van der Waals surface area contributed by atoms with E-state index >= 15 is 0 Å². The summed E-state index contributed by atoms with van der Waals surface area (Å²) in [5, 5.41) is 3.42. The fraction of sp³-hybridized carbons (Fsp3) is 0.556. The molecule has 0 amide bonds. The summed E-state index contributed by atoms with van der Waals surface area (Å²) >= 11 is 5.17. The molecule has 0 aromatic carbocycles. The molecular formula is C18H25N3O2S. The molecule has 0 saturated carbocycles. The molecule has 1 aromatic heterocycles. The van der Waals surface area contributed by atoms with Crippen LogP contribution in [0.25, 0.3) is 0 Å². The first kappa shape index (κ1) is 17.2. The van der Waals surface area contributed by atoms with Crippen molar-refractivity contribution in [3.8, 4) is 0 Å². The Balaban J connectivity index is 1.60. The Morgan fingerprint density at radius 1 is 1.50 bits per heavy atom. The summed E-state index contributed by atoms with van der Waals surface area (Å²) in [6.07, 6.45) is 2.96. The molecule has 3 heterocycles. The van der Waals surface area contributed by atoms with Gasteiger partial charge in [-0.05, 0) is 37.5 Å². The number of piperidine rings is 1. The van der Waals surface area contributed by atoms with Crippen molar-refractivity contribution in [2.24, 2.45) is 5.92 Å². The number of ether oxygens (including phenoxy) is 1. The highest BCUT2D eigenvalue weighted by molar-refractivity contribution is 7.80. The van der Waals surface area contributed by atoms with Crippen LogP contribution in [-0.4, -0.2) is 46.9 Å². The van der Waals surface area contributed by atoms with Crippen LogP contribution >= 0.6 is 12.2 Å². The number of thiocarbonyl (C=S) groups is 1. The Morgan fingerprint density at radius 2 is 2.33 bits per heavy atom. The van der Waals surface area contributed by atoms with Gasteiger partial charge >= 0.3 is 0 Å². The highest BCUT2D eigenvalue weighted by Gasteiger charge is 2.34. The summed E-state index contributed by atoms with van der Waals surface area (Å²) in [6.45, 7) is 9.98. The fourth-order valence-electron chi connectivity index (χ4n) is 3.93. The third-order valence-corrected chi connectivity index (χ3v) is 5.01. The number of aromatic nitrogens is 1. The van der Waals surface area contributed by atoms with E-state index in [1.165, 1.54) is 12.1 Å². The zero-order valence-corrected chi connectivity index (χ0v) is 14.9. The smallest absolute Gasteiger partial charge is 0.257 e. The lowest BCUT2D eigenvalue weighted by molar-refractivity contribution is 0.0745. The van der Waals surface area contributed by atoms with Gasteiger partial charge in [-0.2, -0.15) is 0 Å². The van der Waals surface area contributed by atoms with Gasteiger partial charge in [0.2, 0.25) is 0 Å². The molecular weight excluding hydrogens is 322 g/mol. The first-order valence-corrected chi connectivity index (χ1v) is 8.95. The van der Waals surface area contributed by atoms with Crippen LogP contribution in [0.2, 0.25) is 0 Å². The molecule has 6 heteroatoms. The second kappa shape index (κ2) is 7.49. The molecule has 1 fully saturated rings. The number of likely N-dealkylation sites (tertiary alicyclic amines) is 1. The second-order valence-electron chi connectivity index (χ2n) is 6.80. The average molecular weight is 347 g/mol. The van der Waals surface area contributed by atoms with E-state index in [2.05, 4.69) is 22.9 Å². The van der Waals surface area contributed by atoms with Crippen LogP contribution in [0.5, 0.6) is 0 Å². The zero-order chi connectivity index (χ0) is 17.1. The maximum Gasteiger partial charge on any atom is 0.257 e. The van der Waals surface area contributed by atoms with E-state index in [1.54, 1.807) is 12.1 Å². The number of rotatable bonds is 5. The topological polar surface area (TPSA) is 46.5 Å². The van der Waals surface area contributed by atoms with Gasteiger partial charge in [0, 0.05) is 50.4 Å². The van der Waals surface area contributed by atoms with Gasteiger partial charge < -0.3 is 14.6 Å². The fourth-order valence-corrected chi connectivity index (χ4v) is 4.17. The highest BCUT2D eigenvalue weighted by Crippen LogP contribution is 2.34. The Morgan fingerprint density at radius 3 is 3.12 bits per heavy atom. The van der Waals surface area contributed by atoms with E-state index in [0.29, 0.717) is 23.6 Å². The monoisotopic (exact) mass is 347 g/mol. The van der Waals surface area contributed by atoms with Gasteiger partial charge in [0.15, 0.2) is 0 Å². The van der Waals surface area contributed by atoms with Crippen molar-refractivity contribution in [2.75, 3.05) is 26.2 Å². The largest absolute Gasteiger partial charge is 0.467 e. The predicted molar refractivity (Wildman–Crippen MR) is 99.3 cm³/mol. The van der Waals surface area contributed by atoms with Crippen molar-refractivity contribution in [2.45, 2.75) is 31.9 Å². The molecule has 1 aromatic rings. The lowest BCUT2D eigenvalue weighted by atomic mass is 9.83. The van der Waals surface area contributed by atoms with Crippen molar-refractivity contribution >= 4 is 17.4 Å². The SMILES string of the molecule is C=CCNC(=S)OC(C)CN1CC2CC(C1)c1cccc(=O)n1C2. The maximum atomic E-state index is 12.1. The first-order valence-electron chi connectivity index (χ1n) is 8.54. The number of pyridine rings is 1. The van der Waals surface area contributed by atoms with Crippen LogP contribution in [0.4, 0.5) is 0 Å². The second-order valence-corrected chi connectivity index (χ2v) is 7.17. The van der Waals surface area contributed by atoms with Crippen molar-refractivity contribution < 1.29 is 4.74 Å². The molecule has 3 rings (SSSR count). The van der Waals surface area contributed by atoms with E-state index in [1.807, 2.05) is 17.6 Å². The van der Waals surface area contributed by atoms with Gasteiger partial charge in [0.1, 0.15) is 6.10 Å². The standard InChI is InChI=1S/C18H25N3O2S/c1-3-7-19-18(24)23-13(2)9-20-10-14-8-15(12-20)16-5-4-6-17(22)21(16)11-14/h3-6,13-15H,1,7-12H2,2H3,(H,19,24). The van der Waals surface area contributed by atoms with E-state index < -0.39 is 0 Å². The molecule has 5 nitrogen and oxygen atoms in total. The quantitative estimate of drug-likeness (QED) is 0.649. The molecule has 2 aliphatic rings. The van der Waals surface area contributed by atoms with Gasteiger partial charge in [-0.15, -0.1) is 6.58 Å². The number of nitrogens with one attached hydrogen (secondary N) is 1. The third kappa shape index (κ3) is 3.87. The van der Waals surface area contributed by atoms with Crippen LogP contribution in [0.15, 0.2) is 35.6 Å². The van der Waals surface area contributed by atoms with Crippen molar-refractivity contribution in [3.63, 3.8) is 0 Å². The van der Waals surface area contributed by atoms with Crippen LogP contribution in [-0.2, 0) is 11.3 Å². The highest BCUT2D eigenvalue weighted by atomic mass is 32.1. The molecule has 1 N–H and O–H groups in total. The van der Waals surface area contributed by atoms with E-state index in [-0.39, 0.29) is 11.7 Å². The van der Waals surface area contributed by atoms with Crippen molar-refractivity contribution in [1.82, 2.24) is 14.8 Å². The maximum absolute atomic E-state index is 12.1. The average Bonchev–Trinajstić information content (AvgIpc) is 2.54. The summed E-state index contributed by atoms with van der Waals surface area (Å²) in [5.74, 6) is 0.971. The van der Waals surface area contributed by atoms with E-state index in [9.17, 15) is 4.79 Å². The van der Waals surface area contributed by atoms with E-state index in [0.717, 1.165) is 26.2 Å². The molecule has 0 spiro atoms. The van der Waals surface area contributed by atoms with Gasteiger partial charge in [0.05, 0.1) is 0 Å². The molecule has 3 atom stereocenters. The van der Waals surface area contributed by atoms with Crippen molar-refractivity contribution in [1.29, 1.82) is 0 Å². The molecule has 2 bridgehead atoms. The van der Waals surface area contributed by atoms with Gasteiger partial charge in [-0.1, -0.05) is 12.1 Å². The van der Waals surface area contributed by atoms with Gasteiger partial charge in [-0.25, -0.2) is 0 Å². The summed E-state index contributed by atoms with van der Waals surface area (Å²) in [5.41, 5.74) is 1.31. The summed E-state index contributed by atoms with van der Waals surface area (Å²) in [6, 6.07) is 5.64. The van der Waals surface area contributed by atoms with Crippen LogP contribution in [0.3, 0.4) is 0 Å². The zero-order valence-electron chi connectivity index (χ0n) is 14.1. The van der Waals surface area contributed by atoms with E-state index in [4.69, 9.17) is 17.0 Å². The first-order chi connectivity index (χ1) is 11.6. The van der Waals surface area contributed by atoms with Crippen molar-refractivity contribution in [3.05, 3.63) is 46.9 Å². The minimum Gasteiger partial charge on any atom is -0.467 e. The van der Waals surface area contributed by atoms with Gasteiger partial charge in [-0.3, -0.25) is 9.69 Å². The number of nitrogens with zero attached hydrogens (tertiary/aromatic N) is 2. The molecule has 3 unspecified atom stereocenters. The minimum atomic E-state index is 0.0339. The Hall–Kier alpha value is -1.66. The Kier molecular flexibility index (Phi) is 5.36. The molecule has 1 saturated heterocycles. The minimum absolute atomic E-state index is 0.0339. The third-order valence-electron chi connectivity index (χ3n) is 4.77. The predicted octanol–water partition coefficient (Wildman–Crippen LogP) is 1.73. The summed E-state index contributed by atoms with van der Waals surface area (Å²) < 4.78 is 7.70. The van der Waals surface area contributed by atoms with Gasteiger partial charge in [0.25, 0.3) is 10.7 Å². The molecule has 0 radical (unpaired) electrons. The summed E-state index contributed by atoms with van der Waals surface area (Å²) in [7, 11) is 0. The molecule has 0 aliphatic carbocycles. The molecule has 24 heavy (non-hydrogen) atoms. The van der Waals surface area contributed by atoms with Crippen LogP contribution < -0.4 is 10.9 Å². The number of hydrogen-bond donors (Lipinski definition) is 1. The molecule has 130 valence electrons.